The molecular formula is C13H18N2S. The van der Waals surface area contributed by atoms with Crippen molar-refractivity contribution in [1.82, 2.24) is 10.6 Å². The Bertz CT molecular complexity index is 346. The van der Waals surface area contributed by atoms with Crippen molar-refractivity contribution in [3.63, 3.8) is 0 Å². The Morgan fingerprint density at radius 2 is 2.06 bits per heavy atom. The van der Waals surface area contributed by atoms with Crippen molar-refractivity contribution in [1.29, 1.82) is 0 Å². The predicted molar refractivity (Wildman–Crippen MR) is 71.6 cm³/mol. The van der Waals surface area contributed by atoms with Gasteiger partial charge in [-0.1, -0.05) is 37.3 Å². The van der Waals surface area contributed by atoms with Gasteiger partial charge in [-0.15, -0.1) is 0 Å². The highest BCUT2D eigenvalue weighted by molar-refractivity contribution is 7.80. The van der Waals surface area contributed by atoms with Gasteiger partial charge < -0.3 is 10.6 Å². The number of hydrogen-bond acceptors (Lipinski definition) is 1. The second-order valence-corrected chi connectivity index (χ2v) is 4.85. The first kappa shape index (κ1) is 11.4. The summed E-state index contributed by atoms with van der Waals surface area (Å²) in [6.07, 6.45) is 2.52. The van der Waals surface area contributed by atoms with Gasteiger partial charge in [0.25, 0.3) is 0 Å². The molecular weight excluding hydrogens is 216 g/mol. The molecule has 1 unspecified atom stereocenters. The maximum Gasteiger partial charge on any atom is 0.166 e. The minimum atomic E-state index is 0.486. The highest BCUT2D eigenvalue weighted by atomic mass is 32.1. The van der Waals surface area contributed by atoms with Gasteiger partial charge in [0, 0.05) is 12.6 Å². The number of nitrogens with one attached hydrogen (secondary N) is 2. The van der Waals surface area contributed by atoms with Crippen molar-refractivity contribution < 1.29 is 0 Å². The number of thiocarbonyl (C=S) groups is 1. The second kappa shape index (κ2) is 5.30. The Hall–Kier alpha value is -1.09. The lowest BCUT2D eigenvalue weighted by atomic mass is 10.0. The van der Waals surface area contributed by atoms with Crippen LogP contribution in [0.15, 0.2) is 30.3 Å². The minimum absolute atomic E-state index is 0.486. The van der Waals surface area contributed by atoms with Gasteiger partial charge in [-0.2, -0.15) is 0 Å². The maximum absolute atomic E-state index is 5.22. The molecule has 86 valence electrons. The van der Waals surface area contributed by atoms with Crippen LogP contribution in [-0.2, 0) is 0 Å². The van der Waals surface area contributed by atoms with Crippen molar-refractivity contribution in [2.75, 3.05) is 6.54 Å². The summed E-state index contributed by atoms with van der Waals surface area (Å²) in [7, 11) is 0. The molecule has 0 aliphatic heterocycles. The minimum Gasteiger partial charge on any atom is -0.362 e. The number of rotatable bonds is 4. The van der Waals surface area contributed by atoms with E-state index >= 15 is 0 Å². The molecule has 1 saturated carbocycles. The molecule has 1 atom stereocenters. The van der Waals surface area contributed by atoms with Crippen LogP contribution < -0.4 is 10.6 Å². The van der Waals surface area contributed by atoms with Gasteiger partial charge in [-0.05, 0) is 36.5 Å². The molecule has 2 rings (SSSR count). The zero-order valence-corrected chi connectivity index (χ0v) is 10.4. The lowest BCUT2D eigenvalue weighted by Gasteiger charge is -2.15. The smallest absolute Gasteiger partial charge is 0.166 e. The van der Waals surface area contributed by atoms with Gasteiger partial charge in [-0.25, -0.2) is 0 Å². The summed E-state index contributed by atoms with van der Waals surface area (Å²) in [6.45, 7) is 3.10. The quantitative estimate of drug-likeness (QED) is 0.782. The average Bonchev–Trinajstić information content (AvgIpc) is 3.11. The van der Waals surface area contributed by atoms with E-state index in [1.54, 1.807) is 0 Å². The Balaban J connectivity index is 1.74. The van der Waals surface area contributed by atoms with Crippen molar-refractivity contribution in [3.05, 3.63) is 35.9 Å². The summed E-state index contributed by atoms with van der Waals surface area (Å²) in [4.78, 5) is 0. The molecule has 1 fully saturated rings. The maximum atomic E-state index is 5.22. The highest BCUT2D eigenvalue weighted by Gasteiger charge is 2.21. The van der Waals surface area contributed by atoms with Crippen molar-refractivity contribution in [3.8, 4) is 0 Å². The summed E-state index contributed by atoms with van der Waals surface area (Å²) in [5.41, 5.74) is 1.35. The van der Waals surface area contributed by atoms with Gasteiger partial charge >= 0.3 is 0 Å². The molecule has 3 heteroatoms. The third-order valence-corrected chi connectivity index (χ3v) is 3.11. The van der Waals surface area contributed by atoms with E-state index in [0.29, 0.717) is 12.0 Å². The summed E-state index contributed by atoms with van der Waals surface area (Å²) in [5, 5.41) is 7.35. The van der Waals surface area contributed by atoms with Crippen LogP contribution in [0.2, 0.25) is 0 Å². The monoisotopic (exact) mass is 234 g/mol. The zero-order valence-electron chi connectivity index (χ0n) is 9.57. The van der Waals surface area contributed by atoms with Crippen LogP contribution in [-0.4, -0.2) is 17.7 Å². The van der Waals surface area contributed by atoms with Crippen LogP contribution in [0, 0.1) is 0 Å². The topological polar surface area (TPSA) is 24.1 Å². The van der Waals surface area contributed by atoms with Gasteiger partial charge in [-0.3, -0.25) is 0 Å². The predicted octanol–water partition coefficient (Wildman–Crippen LogP) is 2.42. The highest BCUT2D eigenvalue weighted by Crippen LogP contribution is 2.18. The fraction of sp³-hybridized carbons (Fsp3) is 0.462. The molecule has 1 aliphatic rings. The van der Waals surface area contributed by atoms with E-state index in [1.807, 2.05) is 6.07 Å². The van der Waals surface area contributed by atoms with Crippen LogP contribution in [0.4, 0.5) is 0 Å². The fourth-order valence-electron chi connectivity index (χ4n) is 1.61. The van der Waals surface area contributed by atoms with Crippen molar-refractivity contribution in [2.24, 2.45) is 0 Å². The molecule has 2 nitrogen and oxygen atoms in total. The summed E-state index contributed by atoms with van der Waals surface area (Å²) < 4.78 is 0. The first-order chi connectivity index (χ1) is 7.75. The fourth-order valence-corrected chi connectivity index (χ4v) is 1.86. The van der Waals surface area contributed by atoms with Crippen LogP contribution in [0.3, 0.4) is 0 Å². The summed E-state index contributed by atoms with van der Waals surface area (Å²) in [6, 6.07) is 11.1. The third kappa shape index (κ3) is 3.49. The van der Waals surface area contributed by atoms with E-state index < -0.39 is 0 Å². The van der Waals surface area contributed by atoms with Crippen LogP contribution >= 0.6 is 12.2 Å². The van der Waals surface area contributed by atoms with E-state index in [2.05, 4.69) is 41.8 Å². The van der Waals surface area contributed by atoms with E-state index in [-0.39, 0.29) is 0 Å². The van der Waals surface area contributed by atoms with Crippen LogP contribution in [0.25, 0.3) is 0 Å². The first-order valence-electron chi connectivity index (χ1n) is 5.85. The zero-order chi connectivity index (χ0) is 11.4. The molecule has 0 saturated heterocycles. The van der Waals surface area contributed by atoms with Gasteiger partial charge in [0.1, 0.15) is 0 Å². The Morgan fingerprint density at radius 3 is 2.69 bits per heavy atom. The Labute approximate surface area is 102 Å². The molecule has 0 aromatic heterocycles. The standard InChI is InChI=1S/C13H18N2S/c1-10(11-5-3-2-4-6-11)9-14-13(16)15-12-7-8-12/h2-6,10,12H,7-9H2,1H3,(H2,14,15,16). The molecule has 0 amide bonds. The van der Waals surface area contributed by atoms with E-state index in [9.17, 15) is 0 Å². The Morgan fingerprint density at radius 1 is 1.38 bits per heavy atom. The lowest BCUT2D eigenvalue weighted by molar-refractivity contribution is 0.707. The molecule has 1 aromatic rings. The van der Waals surface area contributed by atoms with Crippen molar-refractivity contribution in [2.45, 2.75) is 31.7 Å². The molecule has 2 N–H and O–H groups in total. The SMILES string of the molecule is CC(CNC(=S)NC1CC1)c1ccccc1. The molecule has 1 aliphatic carbocycles. The van der Waals surface area contributed by atoms with Gasteiger partial charge in [0.2, 0.25) is 0 Å². The molecule has 0 bridgehead atoms. The largest absolute Gasteiger partial charge is 0.362 e. The summed E-state index contributed by atoms with van der Waals surface area (Å²) in [5.74, 6) is 0.486. The Kier molecular flexibility index (Phi) is 3.78. The van der Waals surface area contributed by atoms with E-state index in [1.165, 1.54) is 18.4 Å². The molecule has 1 aromatic carbocycles. The third-order valence-electron chi connectivity index (χ3n) is 2.85. The van der Waals surface area contributed by atoms with Gasteiger partial charge in [0.05, 0.1) is 0 Å². The summed E-state index contributed by atoms with van der Waals surface area (Å²) >= 11 is 5.22. The van der Waals surface area contributed by atoms with E-state index in [0.717, 1.165) is 11.7 Å². The molecule has 16 heavy (non-hydrogen) atoms. The van der Waals surface area contributed by atoms with Crippen LogP contribution in [0.1, 0.15) is 31.2 Å². The second-order valence-electron chi connectivity index (χ2n) is 4.44. The molecule has 0 spiro atoms. The molecule has 0 heterocycles. The lowest BCUT2D eigenvalue weighted by Crippen LogP contribution is -2.38. The molecule has 0 radical (unpaired) electrons. The van der Waals surface area contributed by atoms with Gasteiger partial charge in [0.15, 0.2) is 5.11 Å². The first-order valence-corrected chi connectivity index (χ1v) is 6.26. The normalized spacial score (nSPS) is 16.6. The number of benzene rings is 1. The average molecular weight is 234 g/mol. The van der Waals surface area contributed by atoms with Crippen molar-refractivity contribution >= 4 is 17.3 Å². The van der Waals surface area contributed by atoms with Crippen LogP contribution in [0.5, 0.6) is 0 Å². The number of hydrogen-bond donors (Lipinski definition) is 2. The van der Waals surface area contributed by atoms with E-state index in [4.69, 9.17) is 12.2 Å².